The highest BCUT2D eigenvalue weighted by Gasteiger charge is 2.22. The van der Waals surface area contributed by atoms with Gasteiger partial charge < -0.3 is 4.90 Å². The predicted molar refractivity (Wildman–Crippen MR) is 221 cm³/mol. The molecule has 1 N–H and O–H groups in total. The van der Waals surface area contributed by atoms with Crippen LogP contribution in [0.5, 0.6) is 0 Å². The SMILES string of the molecule is CCCCCCCCN(CCCCCCCC)CCCCCCCC.Cc1ccccc1P(c1ccccc1)c1cc(S(=O)(=O)O)ccc1C. The van der Waals surface area contributed by atoms with Gasteiger partial charge in [-0.1, -0.05) is 178 Å². The molecule has 0 amide bonds. The molecule has 0 fully saturated rings. The lowest BCUT2D eigenvalue weighted by atomic mass is 10.1. The summed E-state index contributed by atoms with van der Waals surface area (Å²) in [6, 6.07) is 23.1. The Morgan fingerprint density at radius 2 is 0.940 bits per heavy atom. The first-order valence-electron chi connectivity index (χ1n) is 19.9. The molecule has 3 aromatic carbocycles. The van der Waals surface area contributed by atoms with Crippen LogP contribution in [0, 0.1) is 13.8 Å². The quantitative estimate of drug-likeness (QED) is 0.0537. The molecule has 0 radical (unpaired) electrons. The van der Waals surface area contributed by atoms with Crippen LogP contribution in [0.3, 0.4) is 0 Å². The highest BCUT2D eigenvalue weighted by molar-refractivity contribution is 7.86. The van der Waals surface area contributed by atoms with E-state index in [1.165, 1.54) is 147 Å². The Morgan fingerprint density at radius 1 is 0.520 bits per heavy atom. The molecule has 0 heterocycles. The molecule has 0 aliphatic rings. The lowest BCUT2D eigenvalue weighted by molar-refractivity contribution is 0.254. The van der Waals surface area contributed by atoms with Gasteiger partial charge in [0.1, 0.15) is 0 Å². The molecule has 50 heavy (non-hydrogen) atoms. The summed E-state index contributed by atoms with van der Waals surface area (Å²) in [5.74, 6) is 0. The van der Waals surface area contributed by atoms with Crippen molar-refractivity contribution in [2.24, 2.45) is 0 Å². The molecular formula is C44H70NO3PS. The first kappa shape index (κ1) is 44.1. The van der Waals surface area contributed by atoms with Crippen molar-refractivity contribution in [3.05, 3.63) is 83.9 Å². The molecule has 0 aliphatic carbocycles. The van der Waals surface area contributed by atoms with Crippen LogP contribution in [0.4, 0.5) is 0 Å². The number of rotatable bonds is 25. The third kappa shape index (κ3) is 17.9. The zero-order valence-corrected chi connectivity index (χ0v) is 34.1. The Labute approximate surface area is 309 Å². The van der Waals surface area contributed by atoms with Crippen molar-refractivity contribution in [2.75, 3.05) is 19.6 Å². The van der Waals surface area contributed by atoms with Crippen LogP contribution in [-0.4, -0.2) is 37.5 Å². The number of unbranched alkanes of at least 4 members (excludes halogenated alkanes) is 15. The molecule has 0 aliphatic heterocycles. The molecule has 0 saturated carbocycles. The molecule has 280 valence electrons. The molecule has 3 aromatic rings. The van der Waals surface area contributed by atoms with Gasteiger partial charge >= 0.3 is 0 Å². The van der Waals surface area contributed by atoms with Crippen molar-refractivity contribution in [3.8, 4) is 0 Å². The van der Waals surface area contributed by atoms with E-state index in [0.717, 1.165) is 21.7 Å². The minimum Gasteiger partial charge on any atom is -0.303 e. The van der Waals surface area contributed by atoms with Gasteiger partial charge in [0.2, 0.25) is 0 Å². The largest absolute Gasteiger partial charge is 0.303 e. The monoisotopic (exact) mass is 723 g/mol. The Morgan fingerprint density at radius 3 is 1.40 bits per heavy atom. The first-order chi connectivity index (χ1) is 24.2. The van der Waals surface area contributed by atoms with Crippen LogP contribution >= 0.6 is 7.92 Å². The lowest BCUT2D eigenvalue weighted by Gasteiger charge is -2.23. The van der Waals surface area contributed by atoms with Crippen LogP contribution in [0.1, 0.15) is 147 Å². The Bertz CT molecular complexity index is 1360. The molecule has 6 heteroatoms. The number of aryl methyl sites for hydroxylation is 2. The van der Waals surface area contributed by atoms with E-state index in [1.807, 2.05) is 37.3 Å². The topological polar surface area (TPSA) is 57.6 Å². The summed E-state index contributed by atoms with van der Waals surface area (Å²) >= 11 is 0. The zero-order valence-electron chi connectivity index (χ0n) is 32.3. The molecule has 0 saturated heterocycles. The highest BCUT2D eigenvalue weighted by atomic mass is 32.2. The van der Waals surface area contributed by atoms with Gasteiger partial charge in [0, 0.05) is 0 Å². The van der Waals surface area contributed by atoms with Crippen LogP contribution in [-0.2, 0) is 10.1 Å². The maximum Gasteiger partial charge on any atom is 0.294 e. The summed E-state index contributed by atoms with van der Waals surface area (Å²) in [6.45, 7) is 15.0. The smallest absolute Gasteiger partial charge is 0.294 e. The number of hydrogen-bond acceptors (Lipinski definition) is 3. The third-order valence-electron chi connectivity index (χ3n) is 9.57. The van der Waals surface area contributed by atoms with E-state index in [9.17, 15) is 13.0 Å². The minimum atomic E-state index is -4.24. The van der Waals surface area contributed by atoms with Gasteiger partial charge in [-0.15, -0.1) is 0 Å². The van der Waals surface area contributed by atoms with E-state index in [0.29, 0.717) is 0 Å². The normalized spacial score (nSPS) is 12.1. The standard InChI is InChI=1S/C24H51N.C20H19O3PS/c1-4-7-10-13-16-19-22-25(23-20-17-14-11-8-5-2)24-21-18-15-12-9-6-3;1-15-8-6-7-11-19(15)24(17-9-4-3-5-10-17)20-14-18(25(21,22)23)13-12-16(20)2/h4-24H2,1-3H3;3-14H,1-2H3,(H,21,22,23). The average Bonchev–Trinajstić information content (AvgIpc) is 3.11. The Kier molecular flexibility index (Phi) is 23.6. The van der Waals surface area contributed by atoms with E-state index in [2.05, 4.69) is 56.9 Å². The highest BCUT2D eigenvalue weighted by Crippen LogP contribution is 2.36. The van der Waals surface area contributed by atoms with Crippen LogP contribution < -0.4 is 15.9 Å². The predicted octanol–water partition coefficient (Wildman–Crippen LogP) is 11.7. The summed E-state index contributed by atoms with van der Waals surface area (Å²) in [5.41, 5.74) is 2.17. The molecule has 1 atom stereocenters. The van der Waals surface area contributed by atoms with Gasteiger partial charge in [-0.05, 0) is 99.8 Å². The summed E-state index contributed by atoms with van der Waals surface area (Å²) in [4.78, 5) is 2.73. The van der Waals surface area contributed by atoms with Crippen molar-refractivity contribution in [3.63, 3.8) is 0 Å². The van der Waals surface area contributed by atoms with Gasteiger partial charge in [-0.3, -0.25) is 4.55 Å². The zero-order chi connectivity index (χ0) is 36.5. The maximum absolute atomic E-state index is 11.6. The lowest BCUT2D eigenvalue weighted by Crippen LogP contribution is -2.27. The fraction of sp³-hybridized carbons (Fsp3) is 0.591. The fourth-order valence-electron chi connectivity index (χ4n) is 6.47. The summed E-state index contributed by atoms with van der Waals surface area (Å²) in [5, 5.41) is 3.26. The second-order valence-electron chi connectivity index (χ2n) is 14.0. The van der Waals surface area contributed by atoms with Gasteiger partial charge in [0.25, 0.3) is 10.1 Å². The van der Waals surface area contributed by atoms with Crippen LogP contribution in [0.25, 0.3) is 0 Å². The van der Waals surface area contributed by atoms with E-state index in [1.54, 1.807) is 12.1 Å². The van der Waals surface area contributed by atoms with E-state index >= 15 is 0 Å². The molecular weight excluding hydrogens is 654 g/mol. The Hall–Kier alpha value is -2.04. The maximum atomic E-state index is 11.6. The van der Waals surface area contributed by atoms with Crippen molar-refractivity contribution >= 4 is 34.0 Å². The molecule has 4 nitrogen and oxygen atoms in total. The molecule has 0 bridgehead atoms. The van der Waals surface area contributed by atoms with Gasteiger partial charge in [0.05, 0.1) is 4.90 Å². The first-order valence-corrected chi connectivity index (χ1v) is 22.7. The van der Waals surface area contributed by atoms with Gasteiger partial charge in [-0.25, -0.2) is 0 Å². The number of hydrogen-bond donors (Lipinski definition) is 1. The number of benzene rings is 3. The number of nitrogens with zero attached hydrogens (tertiary/aromatic N) is 1. The Balaban J connectivity index is 0.000000347. The van der Waals surface area contributed by atoms with Crippen molar-refractivity contribution in [1.82, 2.24) is 4.90 Å². The van der Waals surface area contributed by atoms with Crippen molar-refractivity contribution in [1.29, 1.82) is 0 Å². The summed E-state index contributed by atoms with van der Waals surface area (Å²) < 4.78 is 32.7. The third-order valence-corrected chi connectivity index (χ3v) is 13.2. The molecule has 1 unspecified atom stereocenters. The van der Waals surface area contributed by atoms with Crippen LogP contribution in [0.2, 0.25) is 0 Å². The average molecular weight is 724 g/mol. The van der Waals surface area contributed by atoms with Gasteiger partial charge in [0.15, 0.2) is 0 Å². The van der Waals surface area contributed by atoms with Gasteiger partial charge in [-0.2, -0.15) is 8.42 Å². The van der Waals surface area contributed by atoms with Crippen molar-refractivity contribution < 1.29 is 13.0 Å². The van der Waals surface area contributed by atoms with Crippen LogP contribution in [0.15, 0.2) is 77.7 Å². The molecule has 0 aromatic heterocycles. The summed E-state index contributed by atoms with van der Waals surface area (Å²) in [6.07, 6.45) is 25.7. The second-order valence-corrected chi connectivity index (χ2v) is 17.6. The van der Waals surface area contributed by atoms with Crippen molar-refractivity contribution in [2.45, 2.75) is 155 Å². The minimum absolute atomic E-state index is 0.0647. The van der Waals surface area contributed by atoms with E-state index < -0.39 is 18.0 Å². The fourth-order valence-corrected chi connectivity index (χ4v) is 9.71. The molecule has 0 spiro atoms. The second kappa shape index (κ2) is 26.7. The van der Waals surface area contributed by atoms with E-state index in [4.69, 9.17) is 0 Å². The molecule has 3 rings (SSSR count). The van der Waals surface area contributed by atoms with E-state index in [-0.39, 0.29) is 4.90 Å². The summed E-state index contributed by atoms with van der Waals surface area (Å²) in [7, 11) is -5.17.